The summed E-state index contributed by atoms with van der Waals surface area (Å²) in [6.45, 7) is 5.96. The molecule has 2 aliphatic heterocycles. The van der Waals surface area contributed by atoms with Crippen LogP contribution in [0.15, 0.2) is 0 Å². The maximum Gasteiger partial charge on any atom is 0.0321 e. The molecular formula is C9H18N2. The van der Waals surface area contributed by atoms with Gasteiger partial charge in [0.25, 0.3) is 0 Å². The predicted octanol–water partition coefficient (Wildman–Crippen LogP) is 0.738. The molecule has 0 bridgehead atoms. The molecule has 0 saturated carbocycles. The van der Waals surface area contributed by atoms with Crippen LogP contribution in [-0.4, -0.2) is 25.2 Å². The highest BCUT2D eigenvalue weighted by atomic mass is 15.1. The van der Waals surface area contributed by atoms with E-state index in [0.29, 0.717) is 5.54 Å². The van der Waals surface area contributed by atoms with Gasteiger partial charge in [-0.25, -0.2) is 0 Å². The van der Waals surface area contributed by atoms with Gasteiger partial charge in [0.2, 0.25) is 0 Å². The van der Waals surface area contributed by atoms with Gasteiger partial charge >= 0.3 is 0 Å². The summed E-state index contributed by atoms with van der Waals surface area (Å²) in [7, 11) is 0. The highest BCUT2D eigenvalue weighted by molar-refractivity contribution is 5.01. The van der Waals surface area contributed by atoms with Gasteiger partial charge in [0.05, 0.1) is 0 Å². The van der Waals surface area contributed by atoms with Gasteiger partial charge in [-0.05, 0) is 31.8 Å². The molecule has 2 rings (SSSR count). The van der Waals surface area contributed by atoms with Crippen LogP contribution in [0.25, 0.3) is 0 Å². The number of hydrogen-bond acceptors (Lipinski definition) is 2. The van der Waals surface area contributed by atoms with Crippen LogP contribution in [0.1, 0.15) is 26.2 Å². The van der Waals surface area contributed by atoms with Gasteiger partial charge < -0.3 is 10.6 Å². The van der Waals surface area contributed by atoms with Crippen molar-refractivity contribution in [2.75, 3.05) is 19.6 Å². The van der Waals surface area contributed by atoms with Crippen LogP contribution in [0.3, 0.4) is 0 Å². The summed E-state index contributed by atoms with van der Waals surface area (Å²) in [6.07, 6.45) is 4.08. The minimum Gasteiger partial charge on any atom is -0.315 e. The topological polar surface area (TPSA) is 24.1 Å². The van der Waals surface area contributed by atoms with Crippen molar-refractivity contribution >= 4 is 0 Å². The van der Waals surface area contributed by atoms with E-state index in [1.54, 1.807) is 0 Å². The van der Waals surface area contributed by atoms with Gasteiger partial charge in [-0.3, -0.25) is 0 Å². The van der Waals surface area contributed by atoms with E-state index in [0.717, 1.165) is 5.92 Å². The third-order valence-electron chi connectivity index (χ3n) is 3.27. The highest BCUT2D eigenvalue weighted by Crippen LogP contribution is 2.30. The molecule has 11 heavy (non-hydrogen) atoms. The third kappa shape index (κ3) is 1.30. The third-order valence-corrected chi connectivity index (χ3v) is 3.27. The van der Waals surface area contributed by atoms with Crippen LogP contribution in [0.2, 0.25) is 0 Å². The van der Waals surface area contributed by atoms with Gasteiger partial charge in [0.1, 0.15) is 0 Å². The van der Waals surface area contributed by atoms with Crippen molar-refractivity contribution in [2.24, 2.45) is 5.92 Å². The molecule has 2 heteroatoms. The molecule has 0 aromatic heterocycles. The Kier molecular flexibility index (Phi) is 1.90. The summed E-state index contributed by atoms with van der Waals surface area (Å²) in [6, 6.07) is 0. The van der Waals surface area contributed by atoms with Crippen LogP contribution in [0.4, 0.5) is 0 Å². The lowest BCUT2D eigenvalue weighted by Crippen LogP contribution is -2.41. The Morgan fingerprint density at radius 3 is 3.00 bits per heavy atom. The van der Waals surface area contributed by atoms with Gasteiger partial charge in [-0.15, -0.1) is 0 Å². The molecule has 2 heterocycles. The molecule has 2 nitrogen and oxygen atoms in total. The van der Waals surface area contributed by atoms with Gasteiger partial charge in [0.15, 0.2) is 0 Å². The fraction of sp³-hybridized carbons (Fsp3) is 1.00. The molecule has 0 aromatic carbocycles. The maximum atomic E-state index is 3.67. The lowest BCUT2D eigenvalue weighted by molar-refractivity contribution is 0.397. The zero-order chi connectivity index (χ0) is 7.73. The average molecular weight is 154 g/mol. The Morgan fingerprint density at radius 2 is 2.45 bits per heavy atom. The van der Waals surface area contributed by atoms with Gasteiger partial charge in [-0.2, -0.15) is 0 Å². The zero-order valence-corrected chi connectivity index (χ0v) is 7.32. The van der Waals surface area contributed by atoms with Crippen LogP contribution >= 0.6 is 0 Å². The van der Waals surface area contributed by atoms with E-state index in [-0.39, 0.29) is 0 Å². The summed E-state index contributed by atoms with van der Waals surface area (Å²) >= 11 is 0. The Morgan fingerprint density at radius 1 is 1.55 bits per heavy atom. The smallest absolute Gasteiger partial charge is 0.0321 e. The second-order valence-electron chi connectivity index (χ2n) is 4.07. The first-order valence-electron chi connectivity index (χ1n) is 4.80. The van der Waals surface area contributed by atoms with Crippen LogP contribution < -0.4 is 10.6 Å². The van der Waals surface area contributed by atoms with E-state index in [9.17, 15) is 0 Å². The second-order valence-corrected chi connectivity index (χ2v) is 4.07. The molecule has 64 valence electrons. The lowest BCUT2D eigenvalue weighted by atomic mass is 9.91. The summed E-state index contributed by atoms with van der Waals surface area (Å²) in [5.41, 5.74) is 0.501. The van der Waals surface area contributed by atoms with E-state index >= 15 is 0 Å². The van der Waals surface area contributed by atoms with Crippen molar-refractivity contribution in [3.63, 3.8) is 0 Å². The van der Waals surface area contributed by atoms with Crippen LogP contribution in [0, 0.1) is 5.92 Å². The SMILES string of the molecule is CCC1CNC2(CCNC2)C1. The van der Waals surface area contributed by atoms with E-state index in [1.165, 1.54) is 38.9 Å². The monoisotopic (exact) mass is 154 g/mol. The van der Waals surface area contributed by atoms with Crippen molar-refractivity contribution in [3.05, 3.63) is 0 Å². The largest absolute Gasteiger partial charge is 0.315 e. The first kappa shape index (κ1) is 7.56. The van der Waals surface area contributed by atoms with Gasteiger partial charge in [0, 0.05) is 12.1 Å². The summed E-state index contributed by atoms with van der Waals surface area (Å²) in [4.78, 5) is 0. The van der Waals surface area contributed by atoms with E-state index < -0.39 is 0 Å². The molecule has 2 unspecified atom stereocenters. The Bertz CT molecular complexity index is 138. The second kappa shape index (κ2) is 2.76. The molecule has 2 aliphatic rings. The minimum atomic E-state index is 0.501. The molecule has 1 spiro atoms. The molecule has 2 fully saturated rings. The van der Waals surface area contributed by atoms with Crippen molar-refractivity contribution in [2.45, 2.75) is 31.7 Å². The molecule has 0 radical (unpaired) electrons. The van der Waals surface area contributed by atoms with Crippen molar-refractivity contribution in [1.82, 2.24) is 10.6 Å². The summed E-state index contributed by atoms with van der Waals surface area (Å²) < 4.78 is 0. The van der Waals surface area contributed by atoms with E-state index in [1.807, 2.05) is 0 Å². The quantitative estimate of drug-likeness (QED) is 0.582. The summed E-state index contributed by atoms with van der Waals surface area (Å²) in [5.74, 6) is 0.940. The number of rotatable bonds is 1. The first-order valence-corrected chi connectivity index (χ1v) is 4.80. The Balaban J connectivity index is 1.96. The summed E-state index contributed by atoms with van der Waals surface area (Å²) in [5, 5.41) is 7.11. The number of nitrogens with one attached hydrogen (secondary N) is 2. The Hall–Kier alpha value is -0.0800. The lowest BCUT2D eigenvalue weighted by Gasteiger charge is -2.21. The van der Waals surface area contributed by atoms with Crippen LogP contribution in [0.5, 0.6) is 0 Å². The minimum absolute atomic E-state index is 0.501. The maximum absolute atomic E-state index is 3.67. The molecule has 2 N–H and O–H groups in total. The van der Waals surface area contributed by atoms with E-state index in [2.05, 4.69) is 17.6 Å². The van der Waals surface area contributed by atoms with Gasteiger partial charge in [-0.1, -0.05) is 13.3 Å². The molecule has 0 aliphatic carbocycles. The predicted molar refractivity (Wildman–Crippen MR) is 46.6 cm³/mol. The normalized spacial score (nSPS) is 43.9. The highest BCUT2D eigenvalue weighted by Gasteiger charge is 2.39. The zero-order valence-electron chi connectivity index (χ0n) is 7.32. The fourth-order valence-corrected chi connectivity index (χ4v) is 2.42. The van der Waals surface area contributed by atoms with Crippen LogP contribution in [-0.2, 0) is 0 Å². The molecular weight excluding hydrogens is 136 g/mol. The Labute approximate surface area is 68.7 Å². The molecule has 0 amide bonds. The molecule has 0 aromatic rings. The standard InChI is InChI=1S/C9H18N2/c1-2-8-5-9(11-6-8)3-4-10-7-9/h8,10-11H,2-7H2,1H3. The first-order chi connectivity index (χ1) is 5.35. The number of hydrogen-bond donors (Lipinski definition) is 2. The average Bonchev–Trinajstić information content (AvgIpc) is 2.62. The fourth-order valence-electron chi connectivity index (χ4n) is 2.42. The van der Waals surface area contributed by atoms with Crippen molar-refractivity contribution in [3.8, 4) is 0 Å². The van der Waals surface area contributed by atoms with Crippen molar-refractivity contribution < 1.29 is 0 Å². The van der Waals surface area contributed by atoms with Crippen molar-refractivity contribution in [1.29, 1.82) is 0 Å². The van der Waals surface area contributed by atoms with E-state index in [4.69, 9.17) is 0 Å². The molecule has 2 saturated heterocycles. The molecule has 2 atom stereocenters.